The van der Waals surface area contributed by atoms with Crippen molar-refractivity contribution >= 4 is 29.3 Å². The van der Waals surface area contributed by atoms with E-state index >= 15 is 0 Å². The summed E-state index contributed by atoms with van der Waals surface area (Å²) in [6, 6.07) is 7.09. The highest BCUT2D eigenvalue weighted by Crippen LogP contribution is 2.28. The lowest BCUT2D eigenvalue weighted by atomic mass is 10.1. The Hall–Kier alpha value is -1.79. The number of nitrogens with two attached hydrogens (primary N) is 1. The Kier molecular flexibility index (Phi) is 5.16. The van der Waals surface area contributed by atoms with Crippen LogP contribution in [0.4, 0.5) is 0 Å². The van der Waals surface area contributed by atoms with Crippen molar-refractivity contribution in [2.75, 3.05) is 0 Å². The topological polar surface area (TPSA) is 78.0 Å². The lowest BCUT2D eigenvalue weighted by Gasteiger charge is -2.21. The van der Waals surface area contributed by atoms with Crippen molar-refractivity contribution in [2.24, 2.45) is 5.73 Å². The molecule has 2 N–H and O–H groups in total. The third-order valence-corrected chi connectivity index (χ3v) is 4.74. The van der Waals surface area contributed by atoms with E-state index in [1.54, 1.807) is 18.3 Å². The zero-order chi connectivity index (χ0) is 17.2. The van der Waals surface area contributed by atoms with E-state index in [1.165, 1.54) is 16.4 Å². The molecule has 0 aliphatic rings. The van der Waals surface area contributed by atoms with Gasteiger partial charge in [-0.05, 0) is 32.4 Å². The van der Waals surface area contributed by atoms with Gasteiger partial charge in [0.15, 0.2) is 0 Å². The van der Waals surface area contributed by atoms with E-state index in [2.05, 4.69) is 5.10 Å². The summed E-state index contributed by atoms with van der Waals surface area (Å²) in [5.41, 5.74) is 5.85. The van der Waals surface area contributed by atoms with Crippen LogP contribution in [-0.4, -0.2) is 15.7 Å². The van der Waals surface area contributed by atoms with Gasteiger partial charge in [0.25, 0.3) is 5.56 Å². The molecule has 0 saturated carbocycles. The number of benzene rings is 1. The highest BCUT2D eigenvalue weighted by Gasteiger charge is 2.19. The fraction of sp³-hybridized carbons (Fsp3) is 0.312. The number of hydrogen-bond donors (Lipinski definition) is 1. The first-order valence-electron chi connectivity index (χ1n) is 7.00. The standard InChI is InChI=1S/C16H18ClN3O2S/c1-16(2,3)20-15(22)13(17)12(8-19-20)23-9-10-6-4-5-7-11(10)14(18)21/h4-8H,9H2,1-3H3,(H2,18,21). The van der Waals surface area contributed by atoms with Crippen LogP contribution in [0.3, 0.4) is 0 Å². The van der Waals surface area contributed by atoms with Crippen molar-refractivity contribution in [3.8, 4) is 0 Å². The predicted octanol–water partition coefficient (Wildman–Crippen LogP) is 3.04. The smallest absolute Gasteiger partial charge is 0.287 e. The number of amides is 1. The molecule has 1 aromatic carbocycles. The number of hydrogen-bond acceptors (Lipinski definition) is 4. The van der Waals surface area contributed by atoms with Gasteiger partial charge in [-0.2, -0.15) is 5.10 Å². The van der Waals surface area contributed by atoms with Crippen LogP contribution in [0.15, 0.2) is 40.2 Å². The number of rotatable bonds is 4. The van der Waals surface area contributed by atoms with Gasteiger partial charge in [0.05, 0.1) is 16.6 Å². The van der Waals surface area contributed by atoms with Gasteiger partial charge in [-0.1, -0.05) is 29.8 Å². The molecule has 23 heavy (non-hydrogen) atoms. The minimum Gasteiger partial charge on any atom is -0.366 e. The van der Waals surface area contributed by atoms with E-state index in [0.29, 0.717) is 16.2 Å². The van der Waals surface area contributed by atoms with Crippen LogP contribution in [-0.2, 0) is 11.3 Å². The predicted molar refractivity (Wildman–Crippen MR) is 93.0 cm³/mol. The van der Waals surface area contributed by atoms with Gasteiger partial charge in [0.1, 0.15) is 5.02 Å². The minimum atomic E-state index is -0.478. The Morgan fingerprint density at radius 3 is 2.61 bits per heavy atom. The molecule has 2 rings (SSSR count). The molecular formula is C16H18ClN3O2S. The van der Waals surface area contributed by atoms with Gasteiger partial charge in [-0.25, -0.2) is 4.68 Å². The number of halogens is 1. The lowest BCUT2D eigenvalue weighted by molar-refractivity contribution is 0.0999. The molecular weight excluding hydrogens is 334 g/mol. The molecule has 0 atom stereocenters. The summed E-state index contributed by atoms with van der Waals surface area (Å²) in [5.74, 6) is -0.00646. The Labute approximate surface area is 143 Å². The Bertz CT molecular complexity index is 797. The maximum Gasteiger partial charge on any atom is 0.287 e. The van der Waals surface area contributed by atoms with Crippen molar-refractivity contribution in [2.45, 2.75) is 37.0 Å². The molecule has 0 spiro atoms. The molecule has 7 heteroatoms. The van der Waals surface area contributed by atoms with Crippen LogP contribution < -0.4 is 11.3 Å². The van der Waals surface area contributed by atoms with Gasteiger partial charge in [0, 0.05) is 11.3 Å². The minimum absolute atomic E-state index is 0.136. The summed E-state index contributed by atoms with van der Waals surface area (Å²) in [7, 11) is 0. The van der Waals surface area contributed by atoms with Crippen molar-refractivity contribution in [3.63, 3.8) is 0 Å². The van der Waals surface area contributed by atoms with Gasteiger partial charge in [0.2, 0.25) is 5.91 Å². The highest BCUT2D eigenvalue weighted by molar-refractivity contribution is 7.98. The number of primary amides is 1. The zero-order valence-electron chi connectivity index (χ0n) is 13.2. The number of carbonyl (C=O) groups is 1. The normalized spacial score (nSPS) is 11.5. The first kappa shape index (κ1) is 17.6. The second-order valence-electron chi connectivity index (χ2n) is 6.02. The van der Waals surface area contributed by atoms with Crippen LogP contribution in [0.5, 0.6) is 0 Å². The van der Waals surface area contributed by atoms with E-state index in [1.807, 2.05) is 32.9 Å². The average molecular weight is 352 g/mol. The maximum absolute atomic E-state index is 12.3. The Balaban J connectivity index is 2.28. The SMILES string of the molecule is CC(C)(C)n1ncc(SCc2ccccc2C(N)=O)c(Cl)c1=O. The van der Waals surface area contributed by atoms with Crippen molar-refractivity contribution in [1.29, 1.82) is 0 Å². The van der Waals surface area contributed by atoms with Crippen LogP contribution in [0, 0.1) is 0 Å². The summed E-state index contributed by atoms with van der Waals surface area (Å²) in [5, 5.41) is 4.32. The first-order valence-corrected chi connectivity index (χ1v) is 8.37. The quantitative estimate of drug-likeness (QED) is 0.859. The van der Waals surface area contributed by atoms with Gasteiger partial charge >= 0.3 is 0 Å². The van der Waals surface area contributed by atoms with Crippen LogP contribution in [0.1, 0.15) is 36.7 Å². The fourth-order valence-corrected chi connectivity index (χ4v) is 3.23. The van der Waals surface area contributed by atoms with Crippen molar-refractivity contribution < 1.29 is 4.79 Å². The van der Waals surface area contributed by atoms with Gasteiger partial charge < -0.3 is 5.73 Å². The monoisotopic (exact) mass is 351 g/mol. The number of nitrogens with zero attached hydrogens (tertiary/aromatic N) is 2. The summed E-state index contributed by atoms with van der Waals surface area (Å²) >= 11 is 7.54. The van der Waals surface area contributed by atoms with Crippen molar-refractivity contribution in [3.05, 3.63) is 57.0 Å². The van der Waals surface area contributed by atoms with Crippen LogP contribution in [0.2, 0.25) is 5.02 Å². The van der Waals surface area contributed by atoms with Gasteiger partial charge in [-0.3, -0.25) is 9.59 Å². The molecule has 122 valence electrons. The average Bonchev–Trinajstić information content (AvgIpc) is 2.47. The van der Waals surface area contributed by atoms with Gasteiger partial charge in [-0.15, -0.1) is 11.8 Å². The molecule has 0 aliphatic carbocycles. The van der Waals surface area contributed by atoms with E-state index in [0.717, 1.165) is 5.56 Å². The molecule has 1 amide bonds. The second kappa shape index (κ2) is 6.76. The van der Waals surface area contributed by atoms with Crippen LogP contribution >= 0.6 is 23.4 Å². The van der Waals surface area contributed by atoms with Crippen LogP contribution in [0.25, 0.3) is 0 Å². The molecule has 0 radical (unpaired) electrons. The summed E-state index contributed by atoms with van der Waals surface area (Å²) in [6.07, 6.45) is 1.58. The third-order valence-electron chi connectivity index (χ3n) is 3.19. The summed E-state index contributed by atoms with van der Waals surface area (Å²) < 4.78 is 1.36. The molecule has 0 unspecified atom stereocenters. The zero-order valence-corrected chi connectivity index (χ0v) is 14.7. The number of thioether (sulfide) groups is 1. The molecule has 0 bridgehead atoms. The molecule has 2 aromatic rings. The molecule has 0 fully saturated rings. The maximum atomic E-state index is 12.3. The molecule has 5 nitrogen and oxygen atoms in total. The molecule has 0 saturated heterocycles. The van der Waals surface area contributed by atoms with E-state index < -0.39 is 11.4 Å². The highest BCUT2D eigenvalue weighted by atomic mass is 35.5. The Morgan fingerprint density at radius 1 is 1.35 bits per heavy atom. The number of carbonyl (C=O) groups excluding carboxylic acids is 1. The van der Waals surface area contributed by atoms with Crippen molar-refractivity contribution in [1.82, 2.24) is 9.78 Å². The third kappa shape index (κ3) is 3.95. The second-order valence-corrected chi connectivity index (χ2v) is 7.42. The number of aromatic nitrogens is 2. The Morgan fingerprint density at radius 2 is 2.00 bits per heavy atom. The molecule has 1 heterocycles. The fourth-order valence-electron chi connectivity index (χ4n) is 2.04. The lowest BCUT2D eigenvalue weighted by Crippen LogP contribution is -2.36. The van der Waals surface area contributed by atoms with E-state index in [-0.39, 0.29) is 10.6 Å². The first-order chi connectivity index (χ1) is 10.7. The molecule has 0 aliphatic heterocycles. The largest absolute Gasteiger partial charge is 0.366 e. The molecule has 1 aromatic heterocycles. The van der Waals surface area contributed by atoms with E-state index in [9.17, 15) is 9.59 Å². The van der Waals surface area contributed by atoms with E-state index in [4.69, 9.17) is 17.3 Å². The summed E-state index contributed by atoms with van der Waals surface area (Å²) in [4.78, 5) is 24.3. The summed E-state index contributed by atoms with van der Waals surface area (Å²) in [6.45, 7) is 5.65.